The highest BCUT2D eigenvalue weighted by molar-refractivity contribution is 9.11. The fourth-order valence-electron chi connectivity index (χ4n) is 3.48. The lowest BCUT2D eigenvalue weighted by Gasteiger charge is -2.30. The lowest BCUT2D eigenvalue weighted by molar-refractivity contribution is -0.120. The average molecular weight is 487 g/mol. The van der Waals surface area contributed by atoms with Crippen LogP contribution < -0.4 is 5.32 Å². The second-order valence-corrected chi connectivity index (χ2v) is 12.2. The topological polar surface area (TPSA) is 84.3 Å². The molecule has 1 amide bonds. The van der Waals surface area contributed by atoms with E-state index in [9.17, 15) is 13.2 Å². The number of anilines is 1. The third-order valence-electron chi connectivity index (χ3n) is 5.29. The molecule has 2 aromatic rings. The molecule has 1 atom stereocenters. The number of piperidine rings is 1. The molecule has 0 aromatic carbocycles. The first-order valence-corrected chi connectivity index (χ1v) is 12.5. The van der Waals surface area contributed by atoms with E-state index in [1.807, 2.05) is 11.6 Å². The molecule has 3 heterocycles. The Labute approximate surface area is 177 Å². The summed E-state index contributed by atoms with van der Waals surface area (Å²) in [6.07, 6.45) is 5.54. The van der Waals surface area contributed by atoms with Gasteiger partial charge < -0.3 is 5.32 Å². The van der Waals surface area contributed by atoms with Crippen LogP contribution in [0.25, 0.3) is 0 Å². The summed E-state index contributed by atoms with van der Waals surface area (Å²) >= 11 is 4.51. The quantitative estimate of drug-likeness (QED) is 0.677. The van der Waals surface area contributed by atoms with E-state index in [4.69, 9.17) is 0 Å². The summed E-state index contributed by atoms with van der Waals surface area (Å²) in [6.45, 7) is 3.40. The molecule has 10 heteroatoms. The van der Waals surface area contributed by atoms with Gasteiger partial charge in [0, 0.05) is 25.2 Å². The van der Waals surface area contributed by atoms with E-state index in [2.05, 4.69) is 26.3 Å². The van der Waals surface area contributed by atoms with Gasteiger partial charge >= 0.3 is 0 Å². The van der Waals surface area contributed by atoms with Crippen molar-refractivity contribution in [3.8, 4) is 0 Å². The lowest BCUT2D eigenvalue weighted by Crippen LogP contribution is -2.43. The van der Waals surface area contributed by atoms with Crippen molar-refractivity contribution in [2.45, 2.75) is 43.4 Å². The fraction of sp³-hybridized carbons (Fsp3) is 0.556. The molecule has 0 radical (unpaired) electrons. The number of carbonyl (C=O) groups excluding carboxylic acids is 1. The molecule has 7 nitrogen and oxygen atoms in total. The van der Waals surface area contributed by atoms with Crippen LogP contribution in [0.4, 0.5) is 5.82 Å². The molecule has 0 bridgehead atoms. The van der Waals surface area contributed by atoms with Gasteiger partial charge in [-0.3, -0.25) is 4.79 Å². The summed E-state index contributed by atoms with van der Waals surface area (Å²) in [5, 5.41) is 7.40. The van der Waals surface area contributed by atoms with E-state index in [1.165, 1.54) is 28.5 Å². The first-order valence-electron chi connectivity index (χ1n) is 9.43. The third-order valence-corrected chi connectivity index (χ3v) is 9.25. The second kappa shape index (κ2) is 7.89. The number of aromatic nitrogens is 2. The van der Waals surface area contributed by atoms with Gasteiger partial charge in [-0.2, -0.15) is 9.40 Å². The van der Waals surface area contributed by atoms with Crippen molar-refractivity contribution in [1.29, 1.82) is 0 Å². The zero-order valence-corrected chi connectivity index (χ0v) is 18.8. The molecular weight excluding hydrogens is 464 g/mol. The molecule has 28 heavy (non-hydrogen) atoms. The molecule has 2 fully saturated rings. The Kier molecular flexibility index (Phi) is 5.65. The van der Waals surface area contributed by atoms with Gasteiger partial charge in [0.05, 0.1) is 15.9 Å². The molecule has 0 spiro atoms. The van der Waals surface area contributed by atoms with E-state index in [0.717, 1.165) is 21.7 Å². The normalized spacial score (nSPS) is 21.0. The van der Waals surface area contributed by atoms with Gasteiger partial charge in [-0.25, -0.2) is 13.1 Å². The smallest absolute Gasteiger partial charge is 0.252 e. The predicted molar refractivity (Wildman–Crippen MR) is 112 cm³/mol. The highest BCUT2D eigenvalue weighted by Crippen LogP contribution is 2.33. The minimum atomic E-state index is -3.57. The Morgan fingerprint density at radius 2 is 2.14 bits per heavy atom. The molecule has 152 valence electrons. The summed E-state index contributed by atoms with van der Waals surface area (Å²) < 4.78 is 30.2. The maximum atomic E-state index is 12.9. The molecule has 1 N–H and O–H groups in total. The molecule has 1 aliphatic heterocycles. The van der Waals surface area contributed by atoms with Crippen molar-refractivity contribution in [2.24, 2.45) is 11.8 Å². The van der Waals surface area contributed by atoms with Gasteiger partial charge in [0.1, 0.15) is 10.0 Å². The third kappa shape index (κ3) is 4.19. The summed E-state index contributed by atoms with van der Waals surface area (Å²) in [5.74, 6) is 0.887. The zero-order chi connectivity index (χ0) is 19.9. The Balaban J connectivity index is 1.46. The number of nitrogens with one attached hydrogen (secondary N) is 1. The number of halogens is 1. The van der Waals surface area contributed by atoms with Crippen LogP contribution in [0, 0.1) is 18.8 Å². The number of sulfonamides is 1. The molecule has 1 unspecified atom stereocenters. The SMILES string of the molecule is Cc1cnn(CC2CC2)c1NC(=O)C1CCCN(S(=O)(=O)c2ccc(Br)s2)C1. The van der Waals surface area contributed by atoms with Crippen LogP contribution in [0.3, 0.4) is 0 Å². The molecule has 1 saturated carbocycles. The molecule has 1 aliphatic carbocycles. The maximum Gasteiger partial charge on any atom is 0.252 e. The average Bonchev–Trinajstić information content (AvgIpc) is 3.29. The van der Waals surface area contributed by atoms with Crippen LogP contribution in [-0.2, 0) is 21.4 Å². The monoisotopic (exact) mass is 486 g/mol. The van der Waals surface area contributed by atoms with Crippen molar-refractivity contribution in [1.82, 2.24) is 14.1 Å². The second-order valence-electron chi connectivity index (χ2n) is 7.55. The highest BCUT2D eigenvalue weighted by atomic mass is 79.9. The Hall–Kier alpha value is -1.23. The van der Waals surface area contributed by atoms with E-state index < -0.39 is 10.0 Å². The first kappa shape index (κ1) is 20.1. The number of hydrogen-bond acceptors (Lipinski definition) is 5. The van der Waals surface area contributed by atoms with Gasteiger partial charge in [0.15, 0.2) is 0 Å². The van der Waals surface area contributed by atoms with Crippen LogP contribution in [-0.4, -0.2) is 41.5 Å². The number of aryl methyl sites for hydroxylation is 1. The van der Waals surface area contributed by atoms with Crippen molar-refractivity contribution in [3.05, 3.63) is 27.7 Å². The van der Waals surface area contributed by atoms with Gasteiger partial charge in [0.2, 0.25) is 5.91 Å². The Bertz CT molecular complexity index is 981. The lowest BCUT2D eigenvalue weighted by atomic mass is 9.99. The van der Waals surface area contributed by atoms with Gasteiger partial charge in [-0.05, 0) is 66.6 Å². The first-order chi connectivity index (χ1) is 13.3. The Morgan fingerprint density at radius 3 is 2.82 bits per heavy atom. The molecule has 1 saturated heterocycles. The van der Waals surface area contributed by atoms with E-state index in [0.29, 0.717) is 29.5 Å². The minimum absolute atomic E-state index is 0.132. The summed E-state index contributed by atoms with van der Waals surface area (Å²) in [4.78, 5) is 12.9. The van der Waals surface area contributed by atoms with Crippen molar-refractivity contribution in [3.63, 3.8) is 0 Å². The van der Waals surface area contributed by atoms with Crippen molar-refractivity contribution in [2.75, 3.05) is 18.4 Å². The molecular formula is C18H23BrN4O3S2. The number of nitrogens with zero attached hydrogens (tertiary/aromatic N) is 3. The molecule has 2 aromatic heterocycles. The summed E-state index contributed by atoms with van der Waals surface area (Å²) in [6, 6.07) is 3.34. The van der Waals surface area contributed by atoms with E-state index >= 15 is 0 Å². The van der Waals surface area contributed by atoms with Crippen LogP contribution in [0.15, 0.2) is 26.3 Å². The van der Waals surface area contributed by atoms with Crippen molar-refractivity contribution >= 4 is 49.0 Å². The number of carbonyl (C=O) groups is 1. The van der Waals surface area contributed by atoms with Crippen molar-refractivity contribution < 1.29 is 13.2 Å². The van der Waals surface area contributed by atoms with Gasteiger partial charge in [0.25, 0.3) is 10.0 Å². The van der Waals surface area contributed by atoms with Crippen LogP contribution >= 0.6 is 27.3 Å². The number of rotatable bonds is 6. The van der Waals surface area contributed by atoms with Gasteiger partial charge in [-0.1, -0.05) is 0 Å². The predicted octanol–water partition coefficient (Wildman–Crippen LogP) is 3.46. The largest absolute Gasteiger partial charge is 0.310 e. The number of hydrogen-bond donors (Lipinski definition) is 1. The minimum Gasteiger partial charge on any atom is -0.310 e. The zero-order valence-electron chi connectivity index (χ0n) is 15.6. The van der Waals surface area contributed by atoms with Crippen LogP contribution in [0.2, 0.25) is 0 Å². The number of amides is 1. The highest BCUT2D eigenvalue weighted by Gasteiger charge is 2.34. The Morgan fingerprint density at radius 1 is 1.36 bits per heavy atom. The summed E-state index contributed by atoms with van der Waals surface area (Å²) in [5.41, 5.74) is 0.928. The van der Waals surface area contributed by atoms with Crippen LogP contribution in [0.5, 0.6) is 0 Å². The standard InChI is InChI=1S/C18H23BrN4O3S2/c1-12-9-20-23(10-13-4-5-13)17(12)21-18(24)14-3-2-8-22(11-14)28(25,26)16-7-6-15(19)27-16/h6-7,9,13-14H,2-5,8,10-11H2,1H3,(H,21,24). The molecule has 4 rings (SSSR count). The number of thiophene rings is 1. The van der Waals surface area contributed by atoms with Crippen LogP contribution in [0.1, 0.15) is 31.2 Å². The van der Waals surface area contributed by atoms with E-state index in [-0.39, 0.29) is 18.4 Å². The maximum absolute atomic E-state index is 12.9. The van der Waals surface area contributed by atoms with Gasteiger partial charge in [-0.15, -0.1) is 11.3 Å². The summed E-state index contributed by atoms with van der Waals surface area (Å²) in [7, 11) is -3.57. The van der Waals surface area contributed by atoms with E-state index in [1.54, 1.807) is 18.3 Å². The molecule has 2 aliphatic rings. The fourth-order valence-corrected chi connectivity index (χ4v) is 7.17.